The van der Waals surface area contributed by atoms with Crippen LogP contribution in [0.3, 0.4) is 0 Å². The number of imide groups is 1. The zero-order valence-electron chi connectivity index (χ0n) is 8.57. The van der Waals surface area contributed by atoms with Gasteiger partial charge in [0.2, 0.25) is 0 Å². The summed E-state index contributed by atoms with van der Waals surface area (Å²) in [6.45, 7) is 10.5. The van der Waals surface area contributed by atoms with Gasteiger partial charge in [0.25, 0.3) is 11.6 Å². The molecule has 6 heteroatoms. The van der Waals surface area contributed by atoms with Crippen molar-refractivity contribution in [1.82, 2.24) is 5.32 Å². The minimum Gasteiger partial charge on any atom is -0.512 e. The van der Waals surface area contributed by atoms with E-state index in [0.29, 0.717) is 6.61 Å². The number of carbonyl (C=O) groups excluding carboxylic acids is 2. The quantitative estimate of drug-likeness (QED) is 0.429. The van der Waals surface area contributed by atoms with E-state index in [2.05, 4.69) is 9.58 Å². The van der Waals surface area contributed by atoms with E-state index < -0.39 is 12.0 Å². The third-order valence-electron chi connectivity index (χ3n) is 1.21. The molecule has 0 atom stereocenters. The van der Waals surface area contributed by atoms with Crippen molar-refractivity contribution in [3.8, 4) is 0 Å². The fraction of sp³-hybridized carbons (Fsp3) is 0.444. The first-order chi connectivity index (χ1) is 7.15. The molecule has 0 aromatic heterocycles. The molecular weight excluding hydrogens is 200 g/mol. The molecule has 0 rings (SSSR count). The molecule has 0 saturated heterocycles. The van der Waals surface area contributed by atoms with Crippen LogP contribution in [-0.4, -0.2) is 25.2 Å². The fourth-order valence-corrected chi connectivity index (χ4v) is 0.617. The van der Waals surface area contributed by atoms with E-state index in [0.717, 1.165) is 6.26 Å². The molecule has 0 aliphatic carbocycles. The first kappa shape index (κ1) is 13.0. The van der Waals surface area contributed by atoms with Gasteiger partial charge in [-0.25, -0.2) is 9.64 Å². The Labute approximate surface area is 87.7 Å². The number of rotatable bonds is 4. The fourth-order valence-electron chi connectivity index (χ4n) is 0.617. The topological polar surface area (TPSA) is 69.0 Å². The minimum atomic E-state index is -0.881. The van der Waals surface area contributed by atoms with Crippen molar-refractivity contribution in [2.75, 3.05) is 13.2 Å². The van der Waals surface area contributed by atoms with Crippen LogP contribution in [0.5, 0.6) is 0 Å². The van der Waals surface area contributed by atoms with Crippen LogP contribution in [0.25, 0.3) is 4.85 Å². The maximum absolute atomic E-state index is 11.2. The van der Waals surface area contributed by atoms with Gasteiger partial charge >= 0.3 is 6.09 Å². The van der Waals surface area contributed by atoms with Gasteiger partial charge in [-0.15, -0.1) is 0 Å². The molecule has 0 saturated carbocycles. The average molecular weight is 212 g/mol. The van der Waals surface area contributed by atoms with E-state index in [9.17, 15) is 9.59 Å². The monoisotopic (exact) mass is 212 g/mol. The molecule has 82 valence electrons. The number of ether oxygens (including phenoxy) is 2. The first-order valence-electron chi connectivity index (χ1n) is 4.33. The van der Waals surface area contributed by atoms with Crippen LogP contribution < -0.4 is 5.32 Å². The lowest BCUT2D eigenvalue weighted by Crippen LogP contribution is -2.31. The summed E-state index contributed by atoms with van der Waals surface area (Å²) < 4.78 is 9.23. The van der Waals surface area contributed by atoms with Crippen molar-refractivity contribution in [2.24, 2.45) is 0 Å². The lowest BCUT2D eigenvalue weighted by atomic mass is 10.4. The van der Waals surface area contributed by atoms with Crippen LogP contribution in [-0.2, 0) is 14.3 Å². The van der Waals surface area contributed by atoms with Gasteiger partial charge in [-0.2, -0.15) is 0 Å². The smallest absolute Gasteiger partial charge is 0.413 e. The van der Waals surface area contributed by atoms with E-state index in [1.165, 1.54) is 0 Å². The Hall–Kier alpha value is -2.03. The Morgan fingerprint density at radius 2 is 2.07 bits per heavy atom. The van der Waals surface area contributed by atoms with Crippen molar-refractivity contribution in [3.05, 3.63) is 23.4 Å². The standard InChI is InChI=1S/C9H12N2O4/c1-4-14-6-7(10-3)8(12)11-9(13)15-5-2/h6H,4-5H2,1-2H3,(H,11,12,13)/b7-6-. The predicted octanol–water partition coefficient (Wildman–Crippen LogP) is 1.06. The number of hydrogen-bond acceptors (Lipinski definition) is 4. The molecule has 0 aromatic carbocycles. The highest BCUT2D eigenvalue weighted by atomic mass is 16.5. The molecule has 0 radical (unpaired) electrons. The molecule has 2 amide bonds. The number of nitrogens with zero attached hydrogens (tertiary/aromatic N) is 1. The van der Waals surface area contributed by atoms with Gasteiger partial charge in [-0.05, 0) is 13.8 Å². The molecule has 0 aromatic rings. The van der Waals surface area contributed by atoms with Crippen molar-refractivity contribution < 1.29 is 19.1 Å². The molecule has 0 unspecified atom stereocenters. The third kappa shape index (κ3) is 5.31. The van der Waals surface area contributed by atoms with Gasteiger partial charge in [0, 0.05) is 0 Å². The Morgan fingerprint density at radius 1 is 1.40 bits per heavy atom. The number of amides is 2. The molecule has 0 heterocycles. The highest BCUT2D eigenvalue weighted by molar-refractivity contribution is 6.03. The highest BCUT2D eigenvalue weighted by Crippen LogP contribution is 1.97. The SMILES string of the molecule is [C-]#[N+]/C(=C\OCC)C(=O)NC(=O)OCC. The van der Waals surface area contributed by atoms with E-state index in [4.69, 9.17) is 11.3 Å². The van der Waals surface area contributed by atoms with Crippen molar-refractivity contribution in [1.29, 1.82) is 0 Å². The first-order valence-corrected chi connectivity index (χ1v) is 4.33. The number of carbonyl (C=O) groups is 2. The van der Waals surface area contributed by atoms with E-state index in [-0.39, 0.29) is 12.3 Å². The summed E-state index contributed by atoms with van der Waals surface area (Å²) in [7, 11) is 0. The molecule has 0 aliphatic heterocycles. The van der Waals surface area contributed by atoms with Gasteiger partial charge in [-0.3, -0.25) is 10.1 Å². The van der Waals surface area contributed by atoms with E-state index in [1.807, 2.05) is 5.32 Å². The van der Waals surface area contributed by atoms with E-state index >= 15 is 0 Å². The Morgan fingerprint density at radius 3 is 2.53 bits per heavy atom. The summed E-state index contributed by atoms with van der Waals surface area (Å²) in [5.41, 5.74) is -0.301. The molecule has 15 heavy (non-hydrogen) atoms. The van der Waals surface area contributed by atoms with Gasteiger partial charge in [-0.1, -0.05) is 0 Å². The van der Waals surface area contributed by atoms with Crippen LogP contribution in [0.1, 0.15) is 13.8 Å². The lowest BCUT2D eigenvalue weighted by Gasteiger charge is -2.02. The zero-order valence-corrected chi connectivity index (χ0v) is 8.57. The number of hydrogen-bond donors (Lipinski definition) is 1. The van der Waals surface area contributed by atoms with Crippen LogP contribution >= 0.6 is 0 Å². The summed E-state index contributed by atoms with van der Waals surface area (Å²) >= 11 is 0. The number of nitrogens with one attached hydrogen (secondary N) is 1. The molecule has 0 aliphatic rings. The maximum Gasteiger partial charge on any atom is 0.413 e. The summed E-state index contributed by atoms with van der Waals surface area (Å²) in [5, 5.41) is 1.88. The van der Waals surface area contributed by atoms with Crippen molar-refractivity contribution in [2.45, 2.75) is 13.8 Å². The summed E-state index contributed by atoms with van der Waals surface area (Å²) in [5.74, 6) is -0.836. The zero-order chi connectivity index (χ0) is 11.7. The third-order valence-corrected chi connectivity index (χ3v) is 1.21. The molecule has 0 spiro atoms. The minimum absolute atomic E-state index is 0.154. The maximum atomic E-state index is 11.2. The average Bonchev–Trinajstić information content (AvgIpc) is 2.19. The normalized spacial score (nSPS) is 10.1. The van der Waals surface area contributed by atoms with Crippen LogP contribution in [0.4, 0.5) is 4.79 Å². The van der Waals surface area contributed by atoms with Gasteiger partial charge < -0.3 is 9.47 Å². The Kier molecular flexibility index (Phi) is 6.38. The second-order valence-electron chi connectivity index (χ2n) is 2.24. The second-order valence-corrected chi connectivity index (χ2v) is 2.24. The molecule has 6 nitrogen and oxygen atoms in total. The van der Waals surface area contributed by atoms with Crippen LogP contribution in [0, 0.1) is 6.57 Å². The van der Waals surface area contributed by atoms with Gasteiger partial charge in [0.15, 0.2) is 0 Å². The largest absolute Gasteiger partial charge is 0.512 e. The molecular formula is C9H12N2O4. The van der Waals surface area contributed by atoms with Gasteiger partial charge in [0.05, 0.1) is 26.0 Å². The molecule has 1 N–H and O–H groups in total. The Balaban J connectivity index is 4.30. The van der Waals surface area contributed by atoms with Crippen LogP contribution in [0.15, 0.2) is 12.0 Å². The summed E-state index contributed by atoms with van der Waals surface area (Å²) in [6, 6.07) is 0. The van der Waals surface area contributed by atoms with Crippen LogP contribution in [0.2, 0.25) is 0 Å². The van der Waals surface area contributed by atoms with Gasteiger partial charge in [0.1, 0.15) is 0 Å². The van der Waals surface area contributed by atoms with E-state index in [1.54, 1.807) is 13.8 Å². The lowest BCUT2D eigenvalue weighted by molar-refractivity contribution is -0.116. The molecule has 0 fully saturated rings. The van der Waals surface area contributed by atoms with Crippen molar-refractivity contribution in [3.63, 3.8) is 0 Å². The molecule has 0 bridgehead atoms. The predicted molar refractivity (Wildman–Crippen MR) is 51.5 cm³/mol. The second kappa shape index (κ2) is 7.38. The number of alkyl carbamates (subject to hydrolysis) is 1. The van der Waals surface area contributed by atoms with Crippen molar-refractivity contribution >= 4 is 12.0 Å². The highest BCUT2D eigenvalue weighted by Gasteiger charge is 2.14. The Bertz CT molecular complexity index is 304. The summed E-state index contributed by atoms with van der Waals surface area (Å²) in [4.78, 5) is 24.9. The summed E-state index contributed by atoms with van der Waals surface area (Å²) in [6.07, 6.45) is 0.121.